The zero-order valence-corrected chi connectivity index (χ0v) is 27.4. The Morgan fingerprint density at radius 1 is 1.07 bits per heavy atom. The van der Waals surface area contributed by atoms with Gasteiger partial charge in [-0.25, -0.2) is 0 Å². The van der Waals surface area contributed by atoms with Crippen molar-refractivity contribution < 1.29 is 29.6 Å². The number of rotatable bonds is 7. The summed E-state index contributed by atoms with van der Waals surface area (Å²) >= 11 is 0. The SMILES string of the molecule is C[C@H]1[C@@H]([C@@H](O)[C@@](C)(O)[C@H]2C[C@@H]3CCC4=C5[C@H](CC[C@@]2(C)[C@]53O)[C@@]2(C)CC[C@H](OCCc3ccccc3)C[C@H]2C4=O)OC[C@@H]1C. The smallest absolute Gasteiger partial charge is 0.162 e. The molecule has 5 aliphatic carbocycles. The summed E-state index contributed by atoms with van der Waals surface area (Å²) < 4.78 is 12.4. The summed E-state index contributed by atoms with van der Waals surface area (Å²) in [5.41, 5.74) is -0.214. The third-order valence-electron chi connectivity index (χ3n) is 14.4. The molecule has 1 heterocycles. The van der Waals surface area contributed by atoms with E-state index in [-0.39, 0.29) is 46.9 Å². The fourth-order valence-electron chi connectivity index (χ4n) is 11.5. The van der Waals surface area contributed by atoms with Crippen LogP contribution < -0.4 is 0 Å². The topological polar surface area (TPSA) is 96.2 Å². The molecule has 0 bridgehead atoms. The summed E-state index contributed by atoms with van der Waals surface area (Å²) in [5.74, 6) is 0.481. The highest BCUT2D eigenvalue weighted by atomic mass is 16.5. The molecule has 1 aromatic rings. The van der Waals surface area contributed by atoms with E-state index in [0.717, 1.165) is 56.1 Å². The van der Waals surface area contributed by atoms with E-state index in [1.165, 1.54) is 5.56 Å². The Balaban J connectivity index is 1.16. The minimum atomic E-state index is -1.42. The second kappa shape index (κ2) is 10.7. The number of aliphatic hydroxyl groups is 3. The van der Waals surface area contributed by atoms with Gasteiger partial charge in [0.25, 0.3) is 0 Å². The summed E-state index contributed by atoms with van der Waals surface area (Å²) in [6, 6.07) is 10.4. The molecule has 6 heteroatoms. The van der Waals surface area contributed by atoms with Crippen molar-refractivity contribution in [2.75, 3.05) is 13.2 Å². The Bertz CT molecular complexity index is 1310. The van der Waals surface area contributed by atoms with E-state index in [4.69, 9.17) is 9.47 Å². The number of hydrogen-bond donors (Lipinski definition) is 3. The molecule has 1 aliphatic heterocycles. The largest absolute Gasteiger partial charge is 0.387 e. The molecule has 44 heavy (non-hydrogen) atoms. The number of ketones is 1. The van der Waals surface area contributed by atoms with Crippen molar-refractivity contribution in [2.45, 2.75) is 122 Å². The van der Waals surface area contributed by atoms with Gasteiger partial charge in [-0.05, 0) is 116 Å². The van der Waals surface area contributed by atoms with Crippen LogP contribution in [-0.2, 0) is 20.7 Å². The third-order valence-corrected chi connectivity index (χ3v) is 14.4. The lowest BCUT2D eigenvalue weighted by molar-refractivity contribution is -0.196. The first-order valence-corrected chi connectivity index (χ1v) is 17.5. The minimum absolute atomic E-state index is 0.0239. The molecular weight excluding hydrogens is 552 g/mol. The number of allylic oxidation sites excluding steroid dienone is 1. The van der Waals surface area contributed by atoms with E-state index >= 15 is 0 Å². The molecule has 6 nitrogen and oxygen atoms in total. The predicted octanol–water partition coefficient (Wildman–Crippen LogP) is 5.66. The lowest BCUT2D eigenvalue weighted by Crippen LogP contribution is -2.65. The van der Waals surface area contributed by atoms with E-state index in [2.05, 4.69) is 52.0 Å². The maximum atomic E-state index is 14.4. The fraction of sp³-hybridized carbons (Fsp3) is 0.763. The number of fused-ring (bicyclic) bond motifs is 2. The monoisotopic (exact) mass is 606 g/mol. The molecule has 7 rings (SSSR count). The van der Waals surface area contributed by atoms with Gasteiger partial charge in [-0.2, -0.15) is 0 Å². The second-order valence-electron chi connectivity index (χ2n) is 16.4. The Kier molecular flexibility index (Phi) is 7.57. The standard InChI is InChI=1S/C38H54O6/c1-22-21-44-33(23(22)2)34(40)37(5,41)30-19-25-11-12-27-31-28(14-17-36(30,4)38(25,31)42)35(3)16-13-26(20-29(35)32(27)39)43-18-15-24-9-7-6-8-10-24/h6-10,22-23,25-26,28-30,33-34,40-42H,11-21H2,1-5H3/t22-,23+,25-,26-,28-,29-,30-,33-,34+,35+,36+,37-,38+/m0/s1. The number of carbonyl (C=O) groups is 1. The highest BCUT2D eigenvalue weighted by molar-refractivity contribution is 6.00. The number of benzene rings is 1. The summed E-state index contributed by atoms with van der Waals surface area (Å²) in [6.45, 7) is 11.7. The normalized spacial score (nSPS) is 46.8. The molecule has 1 saturated heterocycles. The van der Waals surface area contributed by atoms with Gasteiger partial charge in [-0.1, -0.05) is 58.0 Å². The molecule has 13 atom stereocenters. The zero-order chi connectivity index (χ0) is 31.2. The van der Waals surface area contributed by atoms with Gasteiger partial charge in [-0.15, -0.1) is 0 Å². The van der Waals surface area contributed by atoms with Gasteiger partial charge in [-0.3, -0.25) is 4.79 Å². The molecule has 4 fully saturated rings. The van der Waals surface area contributed by atoms with Gasteiger partial charge in [0.2, 0.25) is 0 Å². The Morgan fingerprint density at radius 3 is 2.52 bits per heavy atom. The quantitative estimate of drug-likeness (QED) is 0.371. The van der Waals surface area contributed by atoms with Crippen LogP contribution in [0.5, 0.6) is 0 Å². The highest BCUT2D eigenvalue weighted by Gasteiger charge is 2.74. The van der Waals surface area contributed by atoms with Crippen molar-refractivity contribution in [1.29, 1.82) is 0 Å². The first-order valence-electron chi connectivity index (χ1n) is 17.5. The van der Waals surface area contributed by atoms with Gasteiger partial charge < -0.3 is 24.8 Å². The maximum absolute atomic E-state index is 14.4. The average molecular weight is 607 g/mol. The van der Waals surface area contributed by atoms with Gasteiger partial charge in [0.05, 0.1) is 30.0 Å². The first-order chi connectivity index (χ1) is 20.8. The van der Waals surface area contributed by atoms with E-state index in [0.29, 0.717) is 32.0 Å². The summed E-state index contributed by atoms with van der Waals surface area (Å²) in [7, 11) is 0. The zero-order valence-electron chi connectivity index (χ0n) is 27.4. The van der Waals surface area contributed by atoms with Gasteiger partial charge in [0.15, 0.2) is 5.78 Å². The molecule has 6 aliphatic rings. The summed E-state index contributed by atoms with van der Waals surface area (Å²) in [6.07, 6.45) is 5.93. The average Bonchev–Trinajstić information content (AvgIpc) is 3.46. The molecule has 0 aromatic heterocycles. The highest BCUT2D eigenvalue weighted by Crippen LogP contribution is 2.73. The van der Waals surface area contributed by atoms with Crippen molar-refractivity contribution in [3.8, 4) is 0 Å². The van der Waals surface area contributed by atoms with Crippen molar-refractivity contribution in [3.05, 3.63) is 47.0 Å². The van der Waals surface area contributed by atoms with Crippen LogP contribution in [0, 0.1) is 46.3 Å². The van der Waals surface area contributed by atoms with Gasteiger partial charge in [0.1, 0.15) is 6.10 Å². The number of ether oxygens (including phenoxy) is 2. The number of Topliss-reactive ketones (excluding diaryl/α,β-unsaturated/α-hetero) is 1. The Labute approximate surface area is 263 Å². The van der Waals surface area contributed by atoms with Crippen LogP contribution in [0.1, 0.15) is 91.5 Å². The molecule has 0 unspecified atom stereocenters. The minimum Gasteiger partial charge on any atom is -0.387 e. The van der Waals surface area contributed by atoms with Gasteiger partial charge >= 0.3 is 0 Å². The lowest BCUT2D eigenvalue weighted by Gasteiger charge is -2.63. The van der Waals surface area contributed by atoms with E-state index in [1.54, 1.807) is 6.92 Å². The van der Waals surface area contributed by atoms with Crippen LogP contribution >= 0.6 is 0 Å². The molecule has 242 valence electrons. The van der Waals surface area contributed by atoms with Gasteiger partial charge in [0, 0.05) is 17.9 Å². The van der Waals surface area contributed by atoms with Crippen molar-refractivity contribution in [1.82, 2.24) is 0 Å². The predicted molar refractivity (Wildman–Crippen MR) is 169 cm³/mol. The van der Waals surface area contributed by atoms with Crippen LogP contribution in [-0.4, -0.2) is 63.8 Å². The molecule has 0 radical (unpaired) electrons. The Morgan fingerprint density at radius 2 is 1.82 bits per heavy atom. The molecule has 3 N–H and O–H groups in total. The summed E-state index contributed by atoms with van der Waals surface area (Å²) in [4.78, 5) is 14.4. The molecule has 1 aromatic carbocycles. The number of carbonyl (C=O) groups excluding carboxylic acids is 1. The molecule has 0 amide bonds. The maximum Gasteiger partial charge on any atom is 0.162 e. The van der Waals surface area contributed by atoms with Crippen LogP contribution in [0.25, 0.3) is 0 Å². The van der Waals surface area contributed by atoms with Crippen molar-refractivity contribution in [2.24, 2.45) is 46.3 Å². The van der Waals surface area contributed by atoms with Crippen LogP contribution in [0.3, 0.4) is 0 Å². The number of aliphatic hydroxyl groups excluding tert-OH is 1. The van der Waals surface area contributed by atoms with Crippen LogP contribution in [0.4, 0.5) is 0 Å². The van der Waals surface area contributed by atoms with Crippen molar-refractivity contribution in [3.63, 3.8) is 0 Å². The fourth-order valence-corrected chi connectivity index (χ4v) is 11.5. The van der Waals surface area contributed by atoms with Crippen molar-refractivity contribution >= 4 is 5.78 Å². The van der Waals surface area contributed by atoms with E-state index < -0.39 is 28.8 Å². The Hall–Kier alpha value is -1.57. The third kappa shape index (κ3) is 4.26. The summed E-state index contributed by atoms with van der Waals surface area (Å²) in [5, 5.41) is 37.0. The molecule has 3 saturated carbocycles. The van der Waals surface area contributed by atoms with E-state index in [9.17, 15) is 20.1 Å². The van der Waals surface area contributed by atoms with E-state index in [1.807, 2.05) is 6.07 Å². The second-order valence-corrected chi connectivity index (χ2v) is 16.4. The molecule has 0 spiro atoms. The first kappa shape index (κ1) is 31.1. The lowest BCUT2D eigenvalue weighted by atomic mass is 9.42. The van der Waals surface area contributed by atoms with Crippen LogP contribution in [0.15, 0.2) is 41.5 Å². The number of hydrogen-bond acceptors (Lipinski definition) is 6. The van der Waals surface area contributed by atoms with Crippen LogP contribution in [0.2, 0.25) is 0 Å². The molecular formula is C38H54O6.